The number of pyridine rings is 1. The number of esters is 1. The average Bonchev–Trinajstić information content (AvgIpc) is 3.02. The number of nitrogens with zero attached hydrogens (tertiary/aromatic N) is 3. The summed E-state index contributed by atoms with van der Waals surface area (Å²) in [5, 5.41) is 8.29. The molecule has 100 valence electrons. The van der Waals surface area contributed by atoms with Crippen molar-refractivity contribution in [3.05, 3.63) is 29.7 Å². The van der Waals surface area contributed by atoms with Gasteiger partial charge >= 0.3 is 5.97 Å². The lowest BCUT2D eigenvalue weighted by atomic mass is 10.0. The molecular weight excluding hydrogens is 246 g/mol. The van der Waals surface area contributed by atoms with Gasteiger partial charge in [-0.1, -0.05) is 6.92 Å². The van der Waals surface area contributed by atoms with Crippen LogP contribution in [0, 0.1) is 5.92 Å². The molecule has 3 heterocycles. The van der Waals surface area contributed by atoms with E-state index in [0.717, 1.165) is 18.9 Å². The second-order valence-electron chi connectivity index (χ2n) is 4.75. The quantitative estimate of drug-likeness (QED) is 0.768. The van der Waals surface area contributed by atoms with Gasteiger partial charge in [0.1, 0.15) is 6.10 Å². The lowest BCUT2D eigenvalue weighted by Crippen LogP contribution is -2.10. The second kappa shape index (κ2) is 4.62. The third-order valence-electron chi connectivity index (χ3n) is 3.49. The van der Waals surface area contributed by atoms with Gasteiger partial charge in [-0.2, -0.15) is 0 Å². The van der Waals surface area contributed by atoms with Crippen molar-refractivity contribution in [3.8, 4) is 0 Å². The molecule has 6 nitrogen and oxygen atoms in total. The van der Waals surface area contributed by atoms with Gasteiger partial charge in [0, 0.05) is 12.8 Å². The van der Waals surface area contributed by atoms with E-state index in [1.807, 2.05) is 0 Å². The molecule has 1 fully saturated rings. The minimum absolute atomic E-state index is 0.0668. The van der Waals surface area contributed by atoms with Gasteiger partial charge in [-0.05, 0) is 24.5 Å². The van der Waals surface area contributed by atoms with Crippen molar-refractivity contribution in [2.24, 2.45) is 5.92 Å². The van der Waals surface area contributed by atoms with Crippen LogP contribution >= 0.6 is 0 Å². The summed E-state index contributed by atoms with van der Waals surface area (Å²) in [5.74, 6) is 0.766. The van der Waals surface area contributed by atoms with Crippen LogP contribution in [0.5, 0.6) is 0 Å². The smallest absolute Gasteiger partial charge is 0.339 e. The third-order valence-corrected chi connectivity index (χ3v) is 3.49. The number of aromatic nitrogens is 3. The zero-order valence-corrected chi connectivity index (χ0v) is 10.9. The molecule has 3 rings (SSSR count). The summed E-state index contributed by atoms with van der Waals surface area (Å²) in [5.41, 5.74) is 1.17. The fourth-order valence-corrected chi connectivity index (χ4v) is 2.37. The monoisotopic (exact) mass is 261 g/mol. The topological polar surface area (TPSA) is 65.7 Å². The van der Waals surface area contributed by atoms with E-state index in [2.05, 4.69) is 17.1 Å². The predicted molar refractivity (Wildman–Crippen MR) is 66.8 cm³/mol. The molecule has 2 unspecified atom stereocenters. The van der Waals surface area contributed by atoms with Gasteiger partial charge in [0.05, 0.1) is 12.7 Å². The van der Waals surface area contributed by atoms with Gasteiger partial charge < -0.3 is 9.47 Å². The van der Waals surface area contributed by atoms with Gasteiger partial charge in [0.2, 0.25) is 0 Å². The van der Waals surface area contributed by atoms with E-state index in [-0.39, 0.29) is 12.1 Å². The first-order chi connectivity index (χ1) is 9.20. The van der Waals surface area contributed by atoms with E-state index < -0.39 is 0 Å². The Morgan fingerprint density at radius 1 is 1.47 bits per heavy atom. The largest absolute Gasteiger partial charge is 0.465 e. The molecule has 6 heteroatoms. The van der Waals surface area contributed by atoms with Gasteiger partial charge in [0.15, 0.2) is 11.5 Å². The average molecular weight is 261 g/mol. The Morgan fingerprint density at radius 2 is 2.32 bits per heavy atom. The first-order valence-corrected chi connectivity index (χ1v) is 6.25. The van der Waals surface area contributed by atoms with Crippen molar-refractivity contribution in [2.45, 2.75) is 19.4 Å². The molecule has 0 amide bonds. The fraction of sp³-hybridized carbons (Fsp3) is 0.462. The molecule has 0 saturated carbocycles. The number of carbonyl (C=O) groups is 1. The van der Waals surface area contributed by atoms with E-state index in [9.17, 15) is 4.79 Å². The summed E-state index contributed by atoms with van der Waals surface area (Å²) in [6.45, 7) is 2.86. The molecule has 0 aliphatic carbocycles. The van der Waals surface area contributed by atoms with Crippen LogP contribution in [0.2, 0.25) is 0 Å². The lowest BCUT2D eigenvalue weighted by molar-refractivity contribution is 0.0599. The van der Waals surface area contributed by atoms with Crippen LogP contribution < -0.4 is 0 Å². The SMILES string of the molecule is COC(=O)c1ccc2nnc(C3OCCC3C)n2c1. The van der Waals surface area contributed by atoms with Crippen LogP contribution in [-0.4, -0.2) is 34.3 Å². The molecule has 2 aromatic heterocycles. The van der Waals surface area contributed by atoms with Gasteiger partial charge in [-0.25, -0.2) is 4.79 Å². The Hall–Kier alpha value is -1.95. The second-order valence-corrected chi connectivity index (χ2v) is 4.75. The molecular formula is C13H15N3O3. The van der Waals surface area contributed by atoms with E-state index in [1.54, 1.807) is 22.7 Å². The Labute approximate surface area is 110 Å². The number of fused-ring (bicyclic) bond motifs is 1. The van der Waals surface area contributed by atoms with Crippen molar-refractivity contribution in [2.75, 3.05) is 13.7 Å². The van der Waals surface area contributed by atoms with Crippen LogP contribution in [-0.2, 0) is 9.47 Å². The van der Waals surface area contributed by atoms with Gasteiger partial charge in [-0.3, -0.25) is 4.40 Å². The minimum atomic E-state index is -0.373. The number of carbonyl (C=O) groups excluding carboxylic acids is 1. The normalized spacial score (nSPS) is 22.8. The Morgan fingerprint density at radius 3 is 3.00 bits per heavy atom. The van der Waals surface area contributed by atoms with Crippen molar-refractivity contribution in [1.29, 1.82) is 0 Å². The van der Waals surface area contributed by atoms with Crippen molar-refractivity contribution in [3.63, 3.8) is 0 Å². The molecule has 19 heavy (non-hydrogen) atoms. The van der Waals surface area contributed by atoms with E-state index >= 15 is 0 Å². The summed E-state index contributed by atoms with van der Waals surface area (Å²) in [7, 11) is 1.36. The first-order valence-electron chi connectivity index (χ1n) is 6.25. The van der Waals surface area contributed by atoms with Crippen molar-refractivity contribution >= 4 is 11.6 Å². The molecule has 0 bridgehead atoms. The van der Waals surface area contributed by atoms with E-state index in [0.29, 0.717) is 17.1 Å². The Balaban J connectivity index is 2.07. The van der Waals surface area contributed by atoms with E-state index in [1.165, 1.54) is 7.11 Å². The molecule has 2 aromatic rings. The highest BCUT2D eigenvalue weighted by Crippen LogP contribution is 2.33. The van der Waals surface area contributed by atoms with Crippen molar-refractivity contribution in [1.82, 2.24) is 14.6 Å². The number of methoxy groups -OCH3 is 1. The molecule has 0 N–H and O–H groups in total. The van der Waals surface area contributed by atoms with Crippen LogP contribution in [0.3, 0.4) is 0 Å². The van der Waals surface area contributed by atoms with Crippen molar-refractivity contribution < 1.29 is 14.3 Å². The number of rotatable bonds is 2. The van der Waals surface area contributed by atoms with Gasteiger partial charge in [0.25, 0.3) is 0 Å². The standard InChI is InChI=1S/C13H15N3O3/c1-8-5-6-19-11(8)12-15-14-10-4-3-9(7-16(10)12)13(17)18-2/h3-4,7-8,11H,5-6H2,1-2H3. The molecule has 1 aliphatic rings. The summed E-state index contributed by atoms with van der Waals surface area (Å²) >= 11 is 0. The van der Waals surface area contributed by atoms with Crippen LogP contribution in [0.1, 0.15) is 35.6 Å². The van der Waals surface area contributed by atoms with Crippen LogP contribution in [0.15, 0.2) is 18.3 Å². The molecule has 0 aromatic carbocycles. The highest BCUT2D eigenvalue weighted by Gasteiger charge is 2.30. The Bertz CT molecular complexity index is 623. The summed E-state index contributed by atoms with van der Waals surface area (Å²) in [6.07, 6.45) is 2.64. The maximum Gasteiger partial charge on any atom is 0.339 e. The zero-order valence-electron chi connectivity index (χ0n) is 10.9. The number of hydrogen-bond acceptors (Lipinski definition) is 5. The molecule has 0 radical (unpaired) electrons. The van der Waals surface area contributed by atoms with Crippen LogP contribution in [0.4, 0.5) is 0 Å². The predicted octanol–water partition coefficient (Wildman–Crippen LogP) is 1.61. The molecule has 2 atom stereocenters. The number of hydrogen-bond donors (Lipinski definition) is 0. The lowest BCUT2D eigenvalue weighted by Gasteiger charge is -2.12. The highest BCUT2D eigenvalue weighted by atomic mass is 16.5. The minimum Gasteiger partial charge on any atom is -0.465 e. The van der Waals surface area contributed by atoms with E-state index in [4.69, 9.17) is 9.47 Å². The molecule has 1 saturated heterocycles. The maximum absolute atomic E-state index is 11.6. The van der Waals surface area contributed by atoms with Gasteiger partial charge in [-0.15, -0.1) is 10.2 Å². The molecule has 0 spiro atoms. The fourth-order valence-electron chi connectivity index (χ4n) is 2.37. The maximum atomic E-state index is 11.6. The summed E-state index contributed by atoms with van der Waals surface area (Å²) in [6, 6.07) is 3.43. The Kier molecular flexibility index (Phi) is 2.94. The number of ether oxygens (including phenoxy) is 2. The third kappa shape index (κ3) is 1.98. The highest BCUT2D eigenvalue weighted by molar-refractivity contribution is 5.89. The first kappa shape index (κ1) is 12.1. The summed E-state index contributed by atoms with van der Waals surface area (Å²) < 4.78 is 12.2. The molecule has 1 aliphatic heterocycles. The summed E-state index contributed by atoms with van der Waals surface area (Å²) in [4.78, 5) is 11.6. The van der Waals surface area contributed by atoms with Crippen LogP contribution in [0.25, 0.3) is 5.65 Å². The zero-order chi connectivity index (χ0) is 13.4.